The molecule has 0 atom stereocenters. The van der Waals surface area contributed by atoms with Gasteiger partial charge < -0.3 is 5.32 Å². The van der Waals surface area contributed by atoms with E-state index in [1.54, 1.807) is 35.7 Å². The first-order chi connectivity index (χ1) is 11.5. The SMILES string of the molecule is O=C(Cc1csc(-c2cccc(F)c2)n1)Nc1ccc(Cl)cc1Cl. The average Bonchev–Trinajstić information content (AvgIpc) is 2.98. The molecule has 1 N–H and O–H groups in total. The van der Waals surface area contributed by atoms with Crippen LogP contribution in [0.3, 0.4) is 0 Å². The lowest BCUT2D eigenvalue weighted by Gasteiger charge is -2.06. The first-order valence-corrected chi connectivity index (χ1v) is 8.60. The van der Waals surface area contributed by atoms with Crippen molar-refractivity contribution in [3.8, 4) is 10.6 Å². The third-order valence-electron chi connectivity index (χ3n) is 3.17. The molecule has 1 heterocycles. The predicted molar refractivity (Wildman–Crippen MR) is 96.3 cm³/mol. The van der Waals surface area contributed by atoms with E-state index in [9.17, 15) is 9.18 Å². The first kappa shape index (κ1) is 16.9. The second-order valence-electron chi connectivity index (χ2n) is 5.00. The predicted octanol–water partition coefficient (Wildman–Crippen LogP) is 5.44. The summed E-state index contributed by atoms with van der Waals surface area (Å²) >= 11 is 13.2. The van der Waals surface area contributed by atoms with Crippen molar-refractivity contribution in [1.29, 1.82) is 0 Å². The fourth-order valence-electron chi connectivity index (χ4n) is 2.09. The molecule has 3 rings (SSSR count). The van der Waals surface area contributed by atoms with Gasteiger partial charge in [0.15, 0.2) is 0 Å². The molecule has 0 fully saturated rings. The van der Waals surface area contributed by atoms with E-state index in [1.807, 2.05) is 0 Å². The van der Waals surface area contributed by atoms with Crippen molar-refractivity contribution in [1.82, 2.24) is 4.98 Å². The lowest BCUT2D eigenvalue weighted by Crippen LogP contribution is -2.14. The number of amides is 1. The Morgan fingerprint density at radius 2 is 2.04 bits per heavy atom. The van der Waals surface area contributed by atoms with Crippen molar-refractivity contribution in [3.05, 3.63) is 69.4 Å². The van der Waals surface area contributed by atoms with Crippen LogP contribution in [0.25, 0.3) is 10.6 Å². The minimum atomic E-state index is -0.320. The number of hydrogen-bond donors (Lipinski definition) is 1. The van der Waals surface area contributed by atoms with E-state index in [1.165, 1.54) is 23.5 Å². The van der Waals surface area contributed by atoms with Gasteiger partial charge in [-0.15, -0.1) is 11.3 Å². The molecule has 7 heteroatoms. The van der Waals surface area contributed by atoms with E-state index >= 15 is 0 Å². The molecule has 0 unspecified atom stereocenters. The van der Waals surface area contributed by atoms with Gasteiger partial charge in [0.25, 0.3) is 0 Å². The first-order valence-electron chi connectivity index (χ1n) is 6.96. The maximum absolute atomic E-state index is 13.3. The molecule has 122 valence electrons. The number of anilines is 1. The highest BCUT2D eigenvalue weighted by atomic mass is 35.5. The standard InChI is InChI=1S/C17H11Cl2FN2OS/c18-11-4-5-15(14(19)7-11)22-16(23)8-13-9-24-17(21-13)10-2-1-3-12(20)6-10/h1-7,9H,8H2,(H,22,23). The summed E-state index contributed by atoms with van der Waals surface area (Å²) in [7, 11) is 0. The van der Waals surface area contributed by atoms with E-state index in [-0.39, 0.29) is 18.1 Å². The summed E-state index contributed by atoms with van der Waals surface area (Å²) in [5.74, 6) is -0.560. The number of rotatable bonds is 4. The van der Waals surface area contributed by atoms with E-state index in [0.717, 1.165) is 0 Å². The second-order valence-corrected chi connectivity index (χ2v) is 6.71. The smallest absolute Gasteiger partial charge is 0.230 e. The van der Waals surface area contributed by atoms with Crippen LogP contribution < -0.4 is 5.32 Å². The van der Waals surface area contributed by atoms with Gasteiger partial charge in [-0.2, -0.15) is 0 Å². The summed E-state index contributed by atoms with van der Waals surface area (Å²) < 4.78 is 13.3. The summed E-state index contributed by atoms with van der Waals surface area (Å²) in [6.07, 6.45) is 0.102. The molecule has 3 nitrogen and oxygen atoms in total. The number of aromatic nitrogens is 1. The number of benzene rings is 2. The quantitative estimate of drug-likeness (QED) is 0.654. The van der Waals surface area contributed by atoms with Gasteiger partial charge in [-0.3, -0.25) is 4.79 Å². The maximum Gasteiger partial charge on any atom is 0.230 e. The van der Waals surface area contributed by atoms with Gasteiger partial charge in [0.2, 0.25) is 5.91 Å². The van der Waals surface area contributed by atoms with Crippen molar-refractivity contribution in [2.24, 2.45) is 0 Å². The fraction of sp³-hybridized carbons (Fsp3) is 0.0588. The van der Waals surface area contributed by atoms with Gasteiger partial charge in [0.1, 0.15) is 10.8 Å². The number of carbonyl (C=O) groups excluding carboxylic acids is 1. The van der Waals surface area contributed by atoms with Crippen molar-refractivity contribution in [2.75, 3.05) is 5.32 Å². The third kappa shape index (κ3) is 4.12. The van der Waals surface area contributed by atoms with Crippen molar-refractivity contribution in [2.45, 2.75) is 6.42 Å². The Morgan fingerprint density at radius 1 is 1.21 bits per heavy atom. The van der Waals surface area contributed by atoms with Gasteiger partial charge in [-0.1, -0.05) is 35.3 Å². The van der Waals surface area contributed by atoms with Gasteiger partial charge in [0, 0.05) is 16.0 Å². The summed E-state index contributed by atoms with van der Waals surface area (Å²) in [6, 6.07) is 11.0. The Hall–Kier alpha value is -1.95. The zero-order chi connectivity index (χ0) is 17.1. The van der Waals surface area contributed by atoms with Crippen molar-refractivity contribution < 1.29 is 9.18 Å². The molecule has 2 aromatic carbocycles. The molecule has 24 heavy (non-hydrogen) atoms. The molecular weight excluding hydrogens is 370 g/mol. The van der Waals surface area contributed by atoms with E-state index < -0.39 is 0 Å². The largest absolute Gasteiger partial charge is 0.324 e. The summed E-state index contributed by atoms with van der Waals surface area (Å²) in [5, 5.41) is 6.04. The normalized spacial score (nSPS) is 10.6. The van der Waals surface area contributed by atoms with Gasteiger partial charge in [0.05, 0.1) is 22.8 Å². The summed E-state index contributed by atoms with van der Waals surface area (Å²) in [5.41, 5.74) is 1.79. The van der Waals surface area contributed by atoms with Crippen LogP contribution >= 0.6 is 34.5 Å². The zero-order valence-corrected chi connectivity index (χ0v) is 14.6. The Labute approximate surface area is 152 Å². The van der Waals surface area contributed by atoms with Crippen molar-refractivity contribution >= 4 is 46.1 Å². The number of halogens is 3. The molecule has 0 aliphatic rings. The molecule has 1 aromatic heterocycles. The zero-order valence-electron chi connectivity index (χ0n) is 12.2. The minimum Gasteiger partial charge on any atom is -0.324 e. The topological polar surface area (TPSA) is 42.0 Å². The second kappa shape index (κ2) is 7.30. The number of nitrogens with one attached hydrogen (secondary N) is 1. The number of nitrogens with zero attached hydrogens (tertiary/aromatic N) is 1. The van der Waals surface area contributed by atoms with Gasteiger partial charge in [-0.05, 0) is 30.3 Å². The lowest BCUT2D eigenvalue weighted by atomic mass is 10.2. The van der Waals surface area contributed by atoms with E-state index in [4.69, 9.17) is 23.2 Å². The molecule has 0 saturated carbocycles. The van der Waals surface area contributed by atoms with E-state index in [2.05, 4.69) is 10.3 Å². The maximum atomic E-state index is 13.3. The molecule has 0 aliphatic carbocycles. The Bertz CT molecular complexity index is 898. The van der Waals surface area contributed by atoms with Crippen LogP contribution in [-0.2, 0) is 11.2 Å². The molecule has 0 bridgehead atoms. The third-order valence-corrected chi connectivity index (χ3v) is 4.66. The molecular formula is C17H11Cl2FN2OS. The molecule has 1 amide bonds. The van der Waals surface area contributed by atoms with Crippen LogP contribution in [0.4, 0.5) is 10.1 Å². The summed E-state index contributed by atoms with van der Waals surface area (Å²) in [6.45, 7) is 0. The minimum absolute atomic E-state index is 0.102. The van der Waals surface area contributed by atoms with Gasteiger partial charge >= 0.3 is 0 Å². The van der Waals surface area contributed by atoms with Crippen LogP contribution in [0, 0.1) is 5.82 Å². The van der Waals surface area contributed by atoms with Crippen LogP contribution in [-0.4, -0.2) is 10.9 Å². The molecule has 0 spiro atoms. The van der Waals surface area contributed by atoms with Crippen LogP contribution in [0.5, 0.6) is 0 Å². The Morgan fingerprint density at radius 3 is 2.79 bits per heavy atom. The van der Waals surface area contributed by atoms with E-state index in [0.29, 0.717) is 32.0 Å². The Kier molecular flexibility index (Phi) is 5.14. The fourth-order valence-corrected chi connectivity index (χ4v) is 3.36. The molecule has 3 aromatic rings. The number of thiazole rings is 1. The number of carbonyl (C=O) groups is 1. The summed E-state index contributed by atoms with van der Waals surface area (Å²) in [4.78, 5) is 16.5. The monoisotopic (exact) mass is 380 g/mol. The highest BCUT2D eigenvalue weighted by Crippen LogP contribution is 2.26. The van der Waals surface area contributed by atoms with Crippen LogP contribution in [0.15, 0.2) is 47.8 Å². The highest BCUT2D eigenvalue weighted by Gasteiger charge is 2.11. The molecule has 0 saturated heterocycles. The van der Waals surface area contributed by atoms with Crippen LogP contribution in [0.2, 0.25) is 10.0 Å². The number of hydrogen-bond acceptors (Lipinski definition) is 3. The highest BCUT2D eigenvalue weighted by molar-refractivity contribution is 7.13. The van der Waals surface area contributed by atoms with Crippen molar-refractivity contribution in [3.63, 3.8) is 0 Å². The molecule has 0 radical (unpaired) electrons. The molecule has 0 aliphatic heterocycles. The van der Waals surface area contributed by atoms with Gasteiger partial charge in [-0.25, -0.2) is 9.37 Å². The van der Waals surface area contributed by atoms with Crippen LogP contribution in [0.1, 0.15) is 5.69 Å². The lowest BCUT2D eigenvalue weighted by molar-refractivity contribution is -0.115. The average molecular weight is 381 g/mol. The Balaban J connectivity index is 1.69.